The Bertz CT molecular complexity index is 1330. The van der Waals surface area contributed by atoms with Crippen molar-refractivity contribution in [3.8, 4) is 0 Å². The number of sulfonamides is 1. The van der Waals surface area contributed by atoms with Crippen LogP contribution in [0.15, 0.2) is 23.1 Å². The lowest BCUT2D eigenvalue weighted by Gasteiger charge is -2.13. The minimum absolute atomic E-state index is 0.110. The van der Waals surface area contributed by atoms with Gasteiger partial charge in [-0.15, -0.1) is 0 Å². The summed E-state index contributed by atoms with van der Waals surface area (Å²) in [5.41, 5.74) is 1.80. The number of ketones is 1. The van der Waals surface area contributed by atoms with E-state index in [2.05, 4.69) is 18.5 Å². The van der Waals surface area contributed by atoms with Crippen molar-refractivity contribution < 1.29 is 32.3 Å². The number of rotatable bonds is 9. The molecular weight excluding hydrogens is 472 g/mol. The molecule has 1 atom stereocenters. The number of fused-ring (bicyclic) bond motifs is 1. The van der Waals surface area contributed by atoms with Crippen LogP contribution in [0.25, 0.3) is 11.0 Å². The first-order valence-electron chi connectivity index (χ1n) is 9.86. The average molecular weight is 495 g/mol. The van der Waals surface area contributed by atoms with E-state index in [0.717, 1.165) is 11.7 Å². The molecule has 2 aromatic heterocycles. The van der Waals surface area contributed by atoms with E-state index in [-0.39, 0.29) is 28.3 Å². The summed E-state index contributed by atoms with van der Waals surface area (Å²) in [6.45, 7) is 5.72. The summed E-state index contributed by atoms with van der Waals surface area (Å²) in [5, 5.41) is 0. The van der Waals surface area contributed by atoms with Crippen LogP contribution in [0.5, 0.6) is 0 Å². The number of Topliss-reactive ketones (excluding diaryl/α,β-unsaturated/α-hetero) is 1. The van der Waals surface area contributed by atoms with E-state index in [0.29, 0.717) is 16.8 Å². The largest absolute Gasteiger partial charge is 0.462 e. The van der Waals surface area contributed by atoms with Gasteiger partial charge >= 0.3 is 11.9 Å². The molecule has 1 unspecified atom stereocenters. The number of esters is 2. The lowest BCUT2D eigenvalue weighted by atomic mass is 10.1. The first kappa shape index (κ1) is 24.5. The van der Waals surface area contributed by atoms with Crippen LogP contribution in [0.1, 0.15) is 46.0 Å². The van der Waals surface area contributed by atoms with Gasteiger partial charge in [0.1, 0.15) is 22.0 Å². The van der Waals surface area contributed by atoms with Gasteiger partial charge in [-0.25, -0.2) is 13.2 Å². The van der Waals surface area contributed by atoms with Gasteiger partial charge in [-0.3, -0.25) is 9.59 Å². The second kappa shape index (κ2) is 9.77. The van der Waals surface area contributed by atoms with E-state index in [1.54, 1.807) is 26.8 Å². The summed E-state index contributed by atoms with van der Waals surface area (Å²) in [4.78, 5) is 39.7. The van der Waals surface area contributed by atoms with Gasteiger partial charge in [-0.2, -0.15) is 13.5 Å². The van der Waals surface area contributed by atoms with Crippen molar-refractivity contribution in [1.82, 2.24) is 18.5 Å². The third-order valence-electron chi connectivity index (χ3n) is 4.77. The Morgan fingerprint density at radius 1 is 1.18 bits per heavy atom. The standard InChI is InChI=1S/C20H22N4O7S2/c1-5-30-20(27)16-10(2)17(21-11(16)3)14(25)9-31-19(26)12(4)24-33(28,29)15-8-6-7-13-18(15)23-32-22-13/h6-8,12,21,24H,5,9H2,1-4H3. The highest BCUT2D eigenvalue weighted by molar-refractivity contribution is 7.89. The Balaban J connectivity index is 1.66. The SMILES string of the molecule is CCOC(=O)c1c(C)[nH]c(C(=O)COC(=O)C(C)NS(=O)(=O)c2cccc3nsnc23)c1C. The third-order valence-corrected chi connectivity index (χ3v) is 6.88. The topological polar surface area (TPSA) is 157 Å². The molecule has 0 saturated carbocycles. The average Bonchev–Trinajstić information content (AvgIpc) is 3.35. The Labute approximate surface area is 193 Å². The molecule has 0 aliphatic carbocycles. The van der Waals surface area contributed by atoms with Gasteiger partial charge in [-0.1, -0.05) is 6.07 Å². The number of aromatic amines is 1. The van der Waals surface area contributed by atoms with Crippen LogP contribution in [0, 0.1) is 13.8 Å². The summed E-state index contributed by atoms with van der Waals surface area (Å²) in [6.07, 6.45) is 0. The van der Waals surface area contributed by atoms with Gasteiger partial charge in [0.25, 0.3) is 0 Å². The van der Waals surface area contributed by atoms with Crippen LogP contribution in [0.3, 0.4) is 0 Å². The molecule has 2 heterocycles. The molecule has 0 aliphatic rings. The van der Waals surface area contributed by atoms with Gasteiger partial charge in [-0.05, 0) is 45.4 Å². The summed E-state index contributed by atoms with van der Waals surface area (Å²) in [5.74, 6) is -2.08. The zero-order valence-corrected chi connectivity index (χ0v) is 19.9. The van der Waals surface area contributed by atoms with Crippen molar-refractivity contribution in [2.45, 2.75) is 38.6 Å². The van der Waals surface area contributed by atoms with Crippen molar-refractivity contribution in [3.63, 3.8) is 0 Å². The molecule has 33 heavy (non-hydrogen) atoms. The van der Waals surface area contributed by atoms with Crippen molar-refractivity contribution in [1.29, 1.82) is 0 Å². The smallest absolute Gasteiger partial charge is 0.340 e. The van der Waals surface area contributed by atoms with Crippen LogP contribution < -0.4 is 4.72 Å². The molecule has 3 aromatic rings. The van der Waals surface area contributed by atoms with E-state index in [1.807, 2.05) is 0 Å². The summed E-state index contributed by atoms with van der Waals surface area (Å²) < 4.78 is 45.7. The van der Waals surface area contributed by atoms with E-state index in [9.17, 15) is 22.8 Å². The number of hydrogen-bond donors (Lipinski definition) is 2. The zero-order valence-electron chi connectivity index (χ0n) is 18.3. The molecule has 0 radical (unpaired) electrons. The van der Waals surface area contributed by atoms with Crippen LogP contribution in [-0.2, 0) is 24.3 Å². The van der Waals surface area contributed by atoms with Crippen molar-refractivity contribution in [2.75, 3.05) is 13.2 Å². The molecule has 0 saturated heterocycles. The van der Waals surface area contributed by atoms with E-state index >= 15 is 0 Å². The molecule has 0 bridgehead atoms. The Kier molecular flexibility index (Phi) is 7.25. The number of H-pyrrole nitrogens is 1. The molecule has 0 spiro atoms. The van der Waals surface area contributed by atoms with Crippen molar-refractivity contribution in [3.05, 3.63) is 40.7 Å². The molecule has 0 aliphatic heterocycles. The highest BCUT2D eigenvalue weighted by Crippen LogP contribution is 2.22. The quantitative estimate of drug-likeness (QED) is 0.335. The molecule has 0 amide bonds. The minimum Gasteiger partial charge on any atom is -0.462 e. The molecule has 13 heteroatoms. The predicted molar refractivity (Wildman–Crippen MR) is 119 cm³/mol. The monoisotopic (exact) mass is 494 g/mol. The first-order valence-corrected chi connectivity index (χ1v) is 12.1. The van der Waals surface area contributed by atoms with Gasteiger partial charge in [0.15, 0.2) is 6.61 Å². The Morgan fingerprint density at radius 3 is 2.61 bits per heavy atom. The predicted octanol–water partition coefficient (Wildman–Crippen LogP) is 1.91. The summed E-state index contributed by atoms with van der Waals surface area (Å²) >= 11 is 0.872. The van der Waals surface area contributed by atoms with Crippen LogP contribution in [-0.4, -0.2) is 59.1 Å². The van der Waals surface area contributed by atoms with E-state index in [1.165, 1.54) is 19.1 Å². The molecule has 176 valence electrons. The fourth-order valence-corrected chi connectivity index (χ4v) is 5.17. The van der Waals surface area contributed by atoms with Gasteiger partial charge in [0.05, 0.1) is 29.6 Å². The van der Waals surface area contributed by atoms with Crippen LogP contribution in [0.4, 0.5) is 0 Å². The number of nitrogens with zero attached hydrogens (tertiary/aromatic N) is 2. The first-order chi connectivity index (χ1) is 15.6. The zero-order chi connectivity index (χ0) is 24.3. The van der Waals surface area contributed by atoms with E-state index in [4.69, 9.17) is 9.47 Å². The summed E-state index contributed by atoms with van der Waals surface area (Å²) in [7, 11) is -4.10. The second-order valence-electron chi connectivity index (χ2n) is 7.11. The molecule has 0 fully saturated rings. The number of nitrogens with one attached hydrogen (secondary N) is 2. The Morgan fingerprint density at radius 2 is 1.91 bits per heavy atom. The van der Waals surface area contributed by atoms with Crippen molar-refractivity contribution in [2.24, 2.45) is 0 Å². The Hall–Kier alpha value is -3.16. The maximum Gasteiger partial charge on any atom is 0.340 e. The number of aromatic nitrogens is 3. The number of carbonyl (C=O) groups excluding carboxylic acids is 3. The maximum atomic E-state index is 12.7. The normalized spacial score (nSPS) is 12.5. The number of ether oxygens (including phenoxy) is 2. The second-order valence-corrected chi connectivity index (χ2v) is 9.32. The van der Waals surface area contributed by atoms with Gasteiger partial charge in [0.2, 0.25) is 15.8 Å². The minimum atomic E-state index is -4.10. The molecule has 3 rings (SSSR count). The number of aryl methyl sites for hydroxylation is 1. The highest BCUT2D eigenvalue weighted by atomic mass is 32.2. The lowest BCUT2D eigenvalue weighted by molar-refractivity contribution is -0.144. The molecule has 11 nitrogen and oxygen atoms in total. The van der Waals surface area contributed by atoms with Crippen LogP contribution in [0.2, 0.25) is 0 Å². The summed E-state index contributed by atoms with van der Waals surface area (Å²) in [6, 6.07) is 3.22. The third kappa shape index (κ3) is 5.10. The molecular formula is C20H22N4O7S2. The van der Waals surface area contributed by atoms with Crippen LogP contribution >= 0.6 is 11.7 Å². The fraction of sp³-hybridized carbons (Fsp3) is 0.350. The number of benzene rings is 1. The van der Waals surface area contributed by atoms with Crippen molar-refractivity contribution >= 4 is 50.5 Å². The van der Waals surface area contributed by atoms with Gasteiger partial charge < -0.3 is 14.5 Å². The van der Waals surface area contributed by atoms with E-state index < -0.39 is 40.4 Å². The maximum absolute atomic E-state index is 12.7. The number of hydrogen-bond acceptors (Lipinski definition) is 10. The molecule has 1 aromatic carbocycles. The highest BCUT2D eigenvalue weighted by Gasteiger charge is 2.27. The van der Waals surface area contributed by atoms with Gasteiger partial charge in [0, 0.05) is 5.69 Å². The molecule has 2 N–H and O–H groups in total. The lowest BCUT2D eigenvalue weighted by Crippen LogP contribution is -2.40. The fourth-order valence-electron chi connectivity index (χ4n) is 3.21. The number of carbonyl (C=O) groups is 3.